The van der Waals surface area contributed by atoms with Crippen molar-refractivity contribution >= 4 is 29.4 Å². The Balaban J connectivity index is 1.80. The molecule has 3 amide bonds. The topological polar surface area (TPSA) is 105 Å². The Morgan fingerprint density at radius 1 is 1.19 bits per heavy atom. The minimum atomic E-state index is -0.918. The zero-order chi connectivity index (χ0) is 19.8. The van der Waals surface area contributed by atoms with Gasteiger partial charge in [-0.05, 0) is 44.0 Å². The number of carbonyl (C=O) groups is 4. The Labute approximate surface area is 158 Å². The molecule has 1 atom stereocenters. The molecule has 1 aliphatic heterocycles. The quantitative estimate of drug-likeness (QED) is 0.660. The van der Waals surface area contributed by atoms with Gasteiger partial charge in [-0.3, -0.25) is 19.2 Å². The van der Waals surface area contributed by atoms with Crippen molar-refractivity contribution in [1.82, 2.24) is 10.6 Å². The number of hydrogen-bond donors (Lipinski definition) is 2. The van der Waals surface area contributed by atoms with Gasteiger partial charge in [-0.1, -0.05) is 6.92 Å². The van der Waals surface area contributed by atoms with E-state index in [0.717, 1.165) is 18.5 Å². The van der Waals surface area contributed by atoms with Crippen LogP contribution in [0.15, 0.2) is 24.3 Å². The van der Waals surface area contributed by atoms with Crippen LogP contribution in [0.4, 0.5) is 5.69 Å². The van der Waals surface area contributed by atoms with Gasteiger partial charge in [-0.15, -0.1) is 0 Å². The van der Waals surface area contributed by atoms with Gasteiger partial charge in [-0.2, -0.15) is 0 Å². The highest BCUT2D eigenvalue weighted by molar-refractivity contribution is 5.98. The van der Waals surface area contributed by atoms with E-state index < -0.39 is 18.0 Å². The highest BCUT2D eigenvalue weighted by Gasteiger charge is 2.22. The first-order valence-electron chi connectivity index (χ1n) is 9.08. The molecule has 0 aromatic heterocycles. The largest absolute Gasteiger partial charge is 0.451 e. The Morgan fingerprint density at radius 2 is 1.89 bits per heavy atom. The van der Waals surface area contributed by atoms with Crippen molar-refractivity contribution < 1.29 is 23.9 Å². The van der Waals surface area contributed by atoms with E-state index in [1.807, 2.05) is 6.92 Å². The second-order valence-electron chi connectivity index (χ2n) is 6.30. The van der Waals surface area contributed by atoms with E-state index in [9.17, 15) is 19.2 Å². The summed E-state index contributed by atoms with van der Waals surface area (Å²) in [4.78, 5) is 49.0. The number of amides is 3. The Morgan fingerprint density at radius 3 is 2.48 bits per heavy atom. The zero-order valence-corrected chi connectivity index (χ0v) is 15.6. The molecule has 1 aromatic rings. The van der Waals surface area contributed by atoms with E-state index in [4.69, 9.17) is 4.74 Å². The predicted octanol–water partition coefficient (Wildman–Crippen LogP) is 1.00. The lowest BCUT2D eigenvalue weighted by Crippen LogP contribution is -2.39. The standard InChI is InChI=1S/C19H25N3O5/c1-3-10-20-18(25)13(2)27-17(24)12-21-19(26)14-6-8-15(9-7-14)22-11-4-5-16(22)23/h6-9,13H,3-5,10-12H2,1-2H3,(H,20,25)(H,21,26)/t13-/m0/s1. The third-order valence-corrected chi connectivity index (χ3v) is 4.13. The lowest BCUT2D eigenvalue weighted by Gasteiger charge is -2.16. The lowest BCUT2D eigenvalue weighted by atomic mass is 10.2. The third-order valence-electron chi connectivity index (χ3n) is 4.13. The average Bonchev–Trinajstić information content (AvgIpc) is 3.10. The van der Waals surface area contributed by atoms with Crippen LogP contribution in [0.3, 0.4) is 0 Å². The number of nitrogens with one attached hydrogen (secondary N) is 2. The zero-order valence-electron chi connectivity index (χ0n) is 15.6. The molecular formula is C19H25N3O5. The summed E-state index contributed by atoms with van der Waals surface area (Å²) >= 11 is 0. The number of esters is 1. The maximum absolute atomic E-state index is 12.1. The summed E-state index contributed by atoms with van der Waals surface area (Å²) in [6.07, 6.45) is 1.24. The number of nitrogens with zero attached hydrogens (tertiary/aromatic N) is 1. The van der Waals surface area contributed by atoms with Gasteiger partial charge in [-0.25, -0.2) is 0 Å². The molecule has 27 heavy (non-hydrogen) atoms. The first kappa shape index (κ1) is 20.4. The number of hydrogen-bond acceptors (Lipinski definition) is 5. The molecule has 8 heteroatoms. The molecule has 0 unspecified atom stereocenters. The molecule has 1 fully saturated rings. The van der Waals surface area contributed by atoms with Gasteiger partial charge in [0, 0.05) is 30.8 Å². The maximum Gasteiger partial charge on any atom is 0.326 e. The first-order chi connectivity index (χ1) is 12.9. The van der Waals surface area contributed by atoms with Crippen molar-refractivity contribution in [3.8, 4) is 0 Å². The third kappa shape index (κ3) is 5.80. The number of carbonyl (C=O) groups excluding carboxylic acids is 4. The van der Waals surface area contributed by atoms with Crippen LogP contribution in [-0.2, 0) is 19.1 Å². The Hall–Kier alpha value is -2.90. The van der Waals surface area contributed by atoms with E-state index >= 15 is 0 Å². The molecule has 0 spiro atoms. The molecule has 2 N–H and O–H groups in total. The van der Waals surface area contributed by atoms with Crippen molar-refractivity contribution in [2.45, 2.75) is 39.2 Å². The molecule has 1 saturated heterocycles. The van der Waals surface area contributed by atoms with Gasteiger partial charge in [0.05, 0.1) is 0 Å². The highest BCUT2D eigenvalue weighted by Crippen LogP contribution is 2.21. The van der Waals surface area contributed by atoms with Crippen LogP contribution >= 0.6 is 0 Å². The molecule has 1 heterocycles. The van der Waals surface area contributed by atoms with Crippen LogP contribution in [0, 0.1) is 0 Å². The van der Waals surface area contributed by atoms with Crippen molar-refractivity contribution in [2.24, 2.45) is 0 Å². The van der Waals surface area contributed by atoms with Gasteiger partial charge >= 0.3 is 5.97 Å². The summed E-state index contributed by atoms with van der Waals surface area (Å²) in [6.45, 7) is 4.25. The molecule has 0 bridgehead atoms. The molecule has 8 nitrogen and oxygen atoms in total. The van der Waals surface area contributed by atoms with Crippen molar-refractivity contribution in [2.75, 3.05) is 24.5 Å². The number of ether oxygens (including phenoxy) is 1. The molecule has 1 aromatic carbocycles. The average molecular weight is 375 g/mol. The normalized spacial score (nSPS) is 14.6. The molecule has 146 valence electrons. The maximum atomic E-state index is 12.1. The summed E-state index contributed by atoms with van der Waals surface area (Å²) in [7, 11) is 0. The summed E-state index contributed by atoms with van der Waals surface area (Å²) in [5.41, 5.74) is 1.12. The fourth-order valence-corrected chi connectivity index (χ4v) is 2.65. The number of benzene rings is 1. The summed E-state index contributed by atoms with van der Waals surface area (Å²) in [5, 5.41) is 5.09. The van der Waals surface area contributed by atoms with Crippen LogP contribution in [0.25, 0.3) is 0 Å². The van der Waals surface area contributed by atoms with E-state index in [1.54, 1.807) is 29.2 Å². The minimum absolute atomic E-state index is 0.0760. The van der Waals surface area contributed by atoms with Crippen LogP contribution in [0.1, 0.15) is 43.5 Å². The lowest BCUT2D eigenvalue weighted by molar-refractivity contribution is -0.153. The van der Waals surface area contributed by atoms with Gasteiger partial charge in [0.15, 0.2) is 6.10 Å². The Bertz CT molecular complexity index is 702. The SMILES string of the molecule is CCCNC(=O)[C@H](C)OC(=O)CNC(=O)c1ccc(N2CCCC2=O)cc1. The van der Waals surface area contributed by atoms with Crippen molar-refractivity contribution in [1.29, 1.82) is 0 Å². The number of rotatable bonds is 8. The second-order valence-corrected chi connectivity index (χ2v) is 6.30. The monoisotopic (exact) mass is 375 g/mol. The summed E-state index contributed by atoms with van der Waals surface area (Å²) in [6, 6.07) is 6.61. The van der Waals surface area contributed by atoms with E-state index in [2.05, 4.69) is 10.6 Å². The van der Waals surface area contributed by atoms with Crippen LogP contribution in [0.2, 0.25) is 0 Å². The Kier molecular flexibility index (Phi) is 7.34. The first-order valence-corrected chi connectivity index (χ1v) is 9.08. The van der Waals surface area contributed by atoms with Crippen LogP contribution < -0.4 is 15.5 Å². The molecular weight excluding hydrogens is 350 g/mol. The highest BCUT2D eigenvalue weighted by atomic mass is 16.5. The van der Waals surface area contributed by atoms with E-state index in [-0.39, 0.29) is 18.4 Å². The summed E-state index contributed by atoms with van der Waals surface area (Å²) in [5.74, 6) is -1.42. The molecule has 0 saturated carbocycles. The second kappa shape index (κ2) is 9.70. The molecule has 0 radical (unpaired) electrons. The van der Waals surface area contributed by atoms with Gasteiger partial charge in [0.2, 0.25) is 5.91 Å². The van der Waals surface area contributed by atoms with Crippen LogP contribution in [-0.4, -0.2) is 49.4 Å². The van der Waals surface area contributed by atoms with Gasteiger partial charge in [0.1, 0.15) is 6.54 Å². The van der Waals surface area contributed by atoms with Crippen molar-refractivity contribution in [3.05, 3.63) is 29.8 Å². The fraction of sp³-hybridized carbons (Fsp3) is 0.474. The molecule has 2 rings (SSSR count). The molecule has 0 aliphatic carbocycles. The van der Waals surface area contributed by atoms with Crippen molar-refractivity contribution in [3.63, 3.8) is 0 Å². The summed E-state index contributed by atoms with van der Waals surface area (Å²) < 4.78 is 4.98. The fourth-order valence-electron chi connectivity index (χ4n) is 2.65. The van der Waals surface area contributed by atoms with E-state index in [1.165, 1.54) is 6.92 Å². The van der Waals surface area contributed by atoms with E-state index in [0.29, 0.717) is 25.1 Å². The van der Waals surface area contributed by atoms with Crippen LogP contribution in [0.5, 0.6) is 0 Å². The minimum Gasteiger partial charge on any atom is -0.451 e. The predicted molar refractivity (Wildman–Crippen MR) is 99.2 cm³/mol. The number of anilines is 1. The smallest absolute Gasteiger partial charge is 0.326 e. The van der Waals surface area contributed by atoms with Gasteiger partial charge in [0.25, 0.3) is 11.8 Å². The van der Waals surface area contributed by atoms with Gasteiger partial charge < -0.3 is 20.3 Å². The molecule has 1 aliphatic rings.